The van der Waals surface area contributed by atoms with Crippen molar-refractivity contribution in [2.75, 3.05) is 11.9 Å². The van der Waals surface area contributed by atoms with Gasteiger partial charge in [-0.15, -0.1) is 6.58 Å². The van der Waals surface area contributed by atoms with E-state index in [-0.39, 0.29) is 17.7 Å². The molecule has 1 aromatic carbocycles. The molecule has 2 bridgehead atoms. The zero-order chi connectivity index (χ0) is 20.2. The lowest BCUT2D eigenvalue weighted by Gasteiger charge is -2.52. The van der Waals surface area contributed by atoms with Gasteiger partial charge in [-0.1, -0.05) is 49.7 Å². The Morgan fingerprint density at radius 2 is 2.00 bits per heavy atom. The van der Waals surface area contributed by atoms with Crippen LogP contribution in [0, 0.1) is 16.7 Å². The quantitative estimate of drug-likeness (QED) is 0.726. The van der Waals surface area contributed by atoms with Crippen LogP contribution in [0.5, 0.6) is 0 Å². The van der Waals surface area contributed by atoms with Crippen molar-refractivity contribution >= 4 is 29.3 Å². The second-order valence-corrected chi connectivity index (χ2v) is 9.50. The molecule has 1 saturated heterocycles. The Morgan fingerprint density at radius 3 is 2.68 bits per heavy atom. The molecule has 146 valence electrons. The predicted octanol–water partition coefficient (Wildman–Crippen LogP) is 4.03. The maximum absolute atomic E-state index is 13.4. The first-order valence-electron chi connectivity index (χ1n) is 9.52. The molecular weight excluding hydrogens is 376 g/mol. The number of amides is 2. The average Bonchev–Trinajstić information content (AvgIpc) is 3.12. The molecule has 5 rings (SSSR count). The average molecular weight is 399 g/mol. The SMILES string of the molecule is C=CC1(C)C(Cl)=CC2C3OC(=O)NC31c1cccc3c1[C@H](C(=O)N3C)C2(C)C. The standard InChI is InChI=1S/C22H23ClN2O3/c1-6-21(4)14(23)10-12-17-22(21,24-19(27)28-17)11-8-7-9-13-15(11)16(20(12,2)3)18(26)25(13)5/h6-10,12,16-17H,1H2,2-5H3,(H,24,27)/t12?,16-,17?,21?,22?/m1/s1. The third-order valence-electron chi connectivity index (χ3n) is 7.67. The van der Waals surface area contributed by atoms with Gasteiger partial charge in [-0.05, 0) is 29.5 Å². The number of rotatable bonds is 1. The van der Waals surface area contributed by atoms with E-state index < -0.39 is 28.6 Å². The van der Waals surface area contributed by atoms with Crippen molar-refractivity contribution in [1.82, 2.24) is 5.32 Å². The zero-order valence-electron chi connectivity index (χ0n) is 16.4. The summed E-state index contributed by atoms with van der Waals surface area (Å²) in [5.41, 5.74) is 0.537. The Morgan fingerprint density at radius 1 is 1.29 bits per heavy atom. The first-order valence-corrected chi connectivity index (χ1v) is 9.90. The molecule has 0 radical (unpaired) electrons. The number of hydrogen-bond donors (Lipinski definition) is 1. The number of hydrogen-bond acceptors (Lipinski definition) is 3. The number of nitrogens with one attached hydrogen (secondary N) is 1. The third-order valence-corrected chi connectivity index (χ3v) is 8.19. The van der Waals surface area contributed by atoms with Crippen molar-refractivity contribution in [3.05, 3.63) is 53.1 Å². The van der Waals surface area contributed by atoms with E-state index in [2.05, 4.69) is 25.7 Å². The number of alkyl carbamates (subject to hydrolysis) is 1. The molecule has 1 N–H and O–H groups in total. The first-order chi connectivity index (χ1) is 13.1. The number of carbonyl (C=O) groups excluding carboxylic acids is 2. The Labute approximate surface area is 169 Å². The maximum Gasteiger partial charge on any atom is 0.408 e. The highest BCUT2D eigenvalue weighted by Gasteiger charge is 2.71. The van der Waals surface area contributed by atoms with Gasteiger partial charge in [0.05, 0.1) is 11.3 Å². The number of anilines is 1. The van der Waals surface area contributed by atoms with E-state index in [0.29, 0.717) is 5.03 Å². The molecule has 2 aliphatic carbocycles. The van der Waals surface area contributed by atoms with Crippen molar-refractivity contribution in [3.8, 4) is 0 Å². The van der Waals surface area contributed by atoms with Gasteiger partial charge in [0.2, 0.25) is 5.91 Å². The van der Waals surface area contributed by atoms with Crippen molar-refractivity contribution in [3.63, 3.8) is 0 Å². The molecule has 5 atom stereocenters. The Hall–Kier alpha value is -2.27. The molecule has 2 aliphatic heterocycles. The second kappa shape index (κ2) is 5.01. The molecule has 6 heteroatoms. The summed E-state index contributed by atoms with van der Waals surface area (Å²) in [7, 11) is 1.81. The summed E-state index contributed by atoms with van der Waals surface area (Å²) in [5, 5.41) is 3.74. The lowest BCUT2D eigenvalue weighted by atomic mass is 9.56. The fraction of sp³-hybridized carbons (Fsp3) is 0.455. The van der Waals surface area contributed by atoms with Gasteiger partial charge < -0.3 is 15.0 Å². The van der Waals surface area contributed by atoms with E-state index in [4.69, 9.17) is 16.3 Å². The van der Waals surface area contributed by atoms with Crippen molar-refractivity contribution in [2.24, 2.45) is 16.7 Å². The van der Waals surface area contributed by atoms with Crippen LogP contribution in [0.4, 0.5) is 10.5 Å². The summed E-state index contributed by atoms with van der Waals surface area (Å²) < 4.78 is 5.89. The minimum absolute atomic E-state index is 0.0608. The highest BCUT2D eigenvalue weighted by Crippen LogP contribution is 2.67. The number of ether oxygens (including phenoxy) is 1. The molecule has 28 heavy (non-hydrogen) atoms. The van der Waals surface area contributed by atoms with Crippen LogP contribution in [0.25, 0.3) is 0 Å². The number of benzene rings is 1. The summed E-state index contributed by atoms with van der Waals surface area (Å²) >= 11 is 6.86. The molecule has 1 aromatic rings. The molecular formula is C22H23ClN2O3. The second-order valence-electron chi connectivity index (χ2n) is 9.10. The maximum atomic E-state index is 13.4. The molecule has 4 unspecified atom stereocenters. The first kappa shape index (κ1) is 17.8. The van der Waals surface area contributed by atoms with Gasteiger partial charge in [-0.2, -0.15) is 0 Å². The minimum atomic E-state index is -0.925. The molecule has 5 nitrogen and oxygen atoms in total. The lowest BCUT2D eigenvalue weighted by Crippen LogP contribution is -2.61. The molecule has 2 heterocycles. The summed E-state index contributed by atoms with van der Waals surface area (Å²) in [6.07, 6.45) is 2.81. The smallest absolute Gasteiger partial charge is 0.408 e. The van der Waals surface area contributed by atoms with Gasteiger partial charge in [0.1, 0.15) is 11.6 Å². The topological polar surface area (TPSA) is 58.6 Å². The van der Waals surface area contributed by atoms with Crippen LogP contribution in [0.15, 0.2) is 42.0 Å². The summed E-state index contributed by atoms with van der Waals surface area (Å²) in [6, 6.07) is 5.89. The van der Waals surface area contributed by atoms with Crippen molar-refractivity contribution in [2.45, 2.75) is 38.3 Å². The molecule has 0 aromatic heterocycles. The number of likely N-dealkylation sites (N-methyl/N-ethyl adjacent to an activating group) is 1. The summed E-state index contributed by atoms with van der Waals surface area (Å²) in [5.74, 6) is -0.511. The van der Waals surface area contributed by atoms with Crippen LogP contribution in [-0.2, 0) is 15.1 Å². The van der Waals surface area contributed by atoms with Crippen LogP contribution >= 0.6 is 11.6 Å². The monoisotopic (exact) mass is 398 g/mol. The fourth-order valence-electron chi connectivity index (χ4n) is 6.01. The molecule has 0 saturated carbocycles. The lowest BCUT2D eigenvalue weighted by molar-refractivity contribution is -0.122. The largest absolute Gasteiger partial charge is 0.443 e. The van der Waals surface area contributed by atoms with Crippen molar-refractivity contribution < 1.29 is 14.3 Å². The van der Waals surface area contributed by atoms with E-state index in [9.17, 15) is 9.59 Å². The van der Waals surface area contributed by atoms with Gasteiger partial charge in [0.25, 0.3) is 0 Å². The van der Waals surface area contributed by atoms with Crippen LogP contribution in [0.2, 0.25) is 0 Å². The Balaban J connectivity index is 1.98. The summed E-state index contributed by atoms with van der Waals surface area (Å²) in [4.78, 5) is 27.7. The van der Waals surface area contributed by atoms with Gasteiger partial charge in [-0.3, -0.25) is 4.79 Å². The third kappa shape index (κ3) is 1.63. The number of carbonyl (C=O) groups is 2. The van der Waals surface area contributed by atoms with E-state index in [1.54, 1.807) is 11.0 Å². The van der Waals surface area contributed by atoms with E-state index in [1.165, 1.54) is 0 Å². The zero-order valence-corrected chi connectivity index (χ0v) is 17.1. The predicted molar refractivity (Wildman–Crippen MR) is 107 cm³/mol. The van der Waals surface area contributed by atoms with Gasteiger partial charge in [0.15, 0.2) is 0 Å². The summed E-state index contributed by atoms with van der Waals surface area (Å²) in [6.45, 7) is 10.2. The van der Waals surface area contributed by atoms with Crippen LogP contribution in [-0.4, -0.2) is 25.2 Å². The normalized spacial score (nSPS) is 39.4. The molecule has 4 aliphatic rings. The minimum Gasteiger partial charge on any atom is -0.443 e. The van der Waals surface area contributed by atoms with Gasteiger partial charge >= 0.3 is 6.09 Å². The Bertz CT molecular complexity index is 999. The Kier molecular flexibility index (Phi) is 3.18. The molecule has 1 fully saturated rings. The van der Waals surface area contributed by atoms with E-state index in [1.807, 2.05) is 38.2 Å². The molecule has 0 spiro atoms. The fourth-order valence-corrected chi connectivity index (χ4v) is 6.38. The van der Waals surface area contributed by atoms with Crippen LogP contribution in [0.3, 0.4) is 0 Å². The van der Waals surface area contributed by atoms with Gasteiger partial charge in [-0.25, -0.2) is 4.79 Å². The highest BCUT2D eigenvalue weighted by atomic mass is 35.5. The molecule has 2 amide bonds. The van der Waals surface area contributed by atoms with Gasteiger partial charge in [0, 0.05) is 23.7 Å². The number of halogens is 1. The van der Waals surface area contributed by atoms with Crippen LogP contribution in [0.1, 0.15) is 37.8 Å². The highest BCUT2D eigenvalue weighted by molar-refractivity contribution is 6.30. The number of nitrogens with zero attached hydrogens (tertiary/aromatic N) is 1. The van der Waals surface area contributed by atoms with E-state index >= 15 is 0 Å². The van der Waals surface area contributed by atoms with Crippen LogP contribution < -0.4 is 10.2 Å². The van der Waals surface area contributed by atoms with Crippen molar-refractivity contribution in [1.29, 1.82) is 0 Å². The van der Waals surface area contributed by atoms with E-state index in [0.717, 1.165) is 16.8 Å².